The zero-order valence-corrected chi connectivity index (χ0v) is 18.3. The Hall–Kier alpha value is -2.40. The van der Waals surface area contributed by atoms with Crippen molar-refractivity contribution in [2.45, 2.75) is 45.4 Å². The molecule has 1 aromatic rings. The van der Waals surface area contributed by atoms with Gasteiger partial charge in [-0.1, -0.05) is 32.6 Å². The maximum Gasteiger partial charge on any atom is 0.404 e. The fourth-order valence-electron chi connectivity index (χ4n) is 4.26. The van der Waals surface area contributed by atoms with E-state index in [0.717, 1.165) is 38.6 Å². The molecule has 10 nitrogen and oxygen atoms in total. The van der Waals surface area contributed by atoms with Crippen LogP contribution in [0.2, 0.25) is 5.28 Å². The molecule has 4 N–H and O–H groups in total. The van der Waals surface area contributed by atoms with Gasteiger partial charge in [0.1, 0.15) is 0 Å². The van der Waals surface area contributed by atoms with Gasteiger partial charge < -0.3 is 10.4 Å². The average molecular weight is 458 g/mol. The summed E-state index contributed by atoms with van der Waals surface area (Å²) >= 11 is 6.01. The topological polar surface area (TPSA) is 123 Å². The van der Waals surface area contributed by atoms with E-state index in [1.807, 2.05) is 11.9 Å². The number of carbonyl (C=O) groups is 2. The zero-order chi connectivity index (χ0) is 22.4. The van der Waals surface area contributed by atoms with Gasteiger partial charge in [0.2, 0.25) is 17.0 Å². The van der Waals surface area contributed by atoms with Gasteiger partial charge in [-0.2, -0.15) is 14.4 Å². The van der Waals surface area contributed by atoms with Crippen LogP contribution in [0.3, 0.4) is 0 Å². The molecule has 2 fully saturated rings. The van der Waals surface area contributed by atoms with Crippen molar-refractivity contribution in [3.63, 3.8) is 0 Å². The first kappa shape index (κ1) is 23.3. The van der Waals surface area contributed by atoms with Crippen LogP contribution in [0.15, 0.2) is 0 Å². The lowest BCUT2D eigenvalue weighted by atomic mass is 9.92. The van der Waals surface area contributed by atoms with Crippen LogP contribution >= 0.6 is 11.6 Å². The minimum absolute atomic E-state index is 0.0170. The van der Waals surface area contributed by atoms with Crippen molar-refractivity contribution < 1.29 is 19.1 Å². The van der Waals surface area contributed by atoms with Crippen molar-refractivity contribution in [1.82, 2.24) is 25.7 Å². The Bertz CT molecular complexity index is 794. The zero-order valence-electron chi connectivity index (χ0n) is 17.5. The third-order valence-electron chi connectivity index (χ3n) is 5.81. The van der Waals surface area contributed by atoms with Gasteiger partial charge in [-0.3, -0.25) is 20.7 Å². The molecule has 1 saturated carbocycles. The third-order valence-corrected chi connectivity index (χ3v) is 5.98. The minimum atomic E-state index is -1.19. The first-order valence-electron chi connectivity index (χ1n) is 10.7. The SMILES string of the molecule is CCN1CCCN1c1nc(Cl)nc(NNC(=O)[C@@H](CNC(=O)O)CC2CCCC2)c1F. The Balaban J connectivity index is 1.69. The van der Waals surface area contributed by atoms with Gasteiger partial charge in [-0.25, -0.2) is 9.80 Å². The number of aromatic nitrogens is 2. The highest BCUT2D eigenvalue weighted by Gasteiger charge is 2.29. The van der Waals surface area contributed by atoms with Crippen LogP contribution < -0.4 is 21.2 Å². The first-order chi connectivity index (χ1) is 14.9. The lowest BCUT2D eigenvalue weighted by molar-refractivity contribution is -0.124. The third kappa shape index (κ3) is 6.07. The smallest absolute Gasteiger partial charge is 0.404 e. The molecule has 172 valence electrons. The number of anilines is 2. The molecule has 1 saturated heterocycles. The van der Waals surface area contributed by atoms with Gasteiger partial charge in [0.05, 0.1) is 5.92 Å². The van der Waals surface area contributed by atoms with Crippen molar-refractivity contribution >= 4 is 35.2 Å². The van der Waals surface area contributed by atoms with E-state index >= 15 is 4.39 Å². The summed E-state index contributed by atoms with van der Waals surface area (Å²) in [5.41, 5.74) is 4.98. The number of hydrazine groups is 2. The van der Waals surface area contributed by atoms with E-state index in [-0.39, 0.29) is 23.5 Å². The fraction of sp³-hybridized carbons (Fsp3) is 0.684. The number of nitrogens with zero attached hydrogens (tertiary/aromatic N) is 4. The Labute approximate surface area is 185 Å². The molecule has 0 radical (unpaired) electrons. The van der Waals surface area contributed by atoms with Crippen molar-refractivity contribution in [3.8, 4) is 0 Å². The number of nitrogens with one attached hydrogen (secondary N) is 3. The molecule has 3 rings (SSSR count). The van der Waals surface area contributed by atoms with Gasteiger partial charge in [-0.15, -0.1) is 0 Å². The number of amides is 2. The highest BCUT2D eigenvalue weighted by molar-refractivity contribution is 6.28. The number of hydrogen-bond donors (Lipinski definition) is 4. The molecule has 12 heteroatoms. The lowest BCUT2D eigenvalue weighted by Crippen LogP contribution is -2.42. The molecule has 1 aliphatic heterocycles. The molecule has 2 aliphatic rings. The summed E-state index contributed by atoms with van der Waals surface area (Å²) in [6.07, 6.45) is 4.51. The number of hydrogen-bond acceptors (Lipinski definition) is 7. The maximum absolute atomic E-state index is 15.1. The van der Waals surface area contributed by atoms with Crippen molar-refractivity contribution in [2.75, 3.05) is 36.6 Å². The largest absolute Gasteiger partial charge is 0.465 e. The van der Waals surface area contributed by atoms with E-state index < -0.39 is 23.7 Å². The van der Waals surface area contributed by atoms with E-state index in [9.17, 15) is 9.59 Å². The number of carboxylic acid groups (broad SMARTS) is 1. The van der Waals surface area contributed by atoms with Crippen molar-refractivity contribution in [2.24, 2.45) is 11.8 Å². The molecular formula is C19H29ClFN7O3. The molecule has 0 unspecified atom stereocenters. The summed E-state index contributed by atoms with van der Waals surface area (Å²) in [6, 6.07) is 0. The molecule has 0 spiro atoms. The molecule has 31 heavy (non-hydrogen) atoms. The summed E-state index contributed by atoms with van der Waals surface area (Å²) in [5, 5.41) is 14.7. The van der Waals surface area contributed by atoms with Crippen LogP contribution in [0.25, 0.3) is 0 Å². The fourth-order valence-corrected chi connectivity index (χ4v) is 4.43. The van der Waals surface area contributed by atoms with Crippen LogP contribution in [0.5, 0.6) is 0 Å². The summed E-state index contributed by atoms with van der Waals surface area (Å²) < 4.78 is 15.1. The predicted molar refractivity (Wildman–Crippen MR) is 114 cm³/mol. The van der Waals surface area contributed by atoms with Crippen molar-refractivity contribution in [3.05, 3.63) is 11.1 Å². The monoisotopic (exact) mass is 457 g/mol. The van der Waals surface area contributed by atoms with Gasteiger partial charge in [0.25, 0.3) is 0 Å². The second-order valence-corrected chi connectivity index (χ2v) is 8.22. The molecule has 1 aromatic heterocycles. The van der Waals surface area contributed by atoms with E-state index in [4.69, 9.17) is 16.7 Å². The summed E-state index contributed by atoms with van der Waals surface area (Å²) in [6.45, 7) is 4.04. The Kier molecular flexibility index (Phi) is 8.08. The molecule has 0 aromatic carbocycles. The average Bonchev–Trinajstić information content (AvgIpc) is 3.42. The van der Waals surface area contributed by atoms with Gasteiger partial charge in [-0.05, 0) is 30.4 Å². The Morgan fingerprint density at radius 2 is 2.00 bits per heavy atom. The van der Waals surface area contributed by atoms with E-state index in [0.29, 0.717) is 25.4 Å². The Morgan fingerprint density at radius 3 is 2.68 bits per heavy atom. The Morgan fingerprint density at radius 1 is 1.26 bits per heavy atom. The van der Waals surface area contributed by atoms with E-state index in [1.54, 1.807) is 5.01 Å². The van der Waals surface area contributed by atoms with Crippen LogP contribution in [0.4, 0.5) is 20.8 Å². The number of halogens is 2. The molecule has 2 amide bonds. The molecule has 0 bridgehead atoms. The standard InChI is InChI=1S/C19H29ClFN7O3/c1-2-27-8-5-9-28(27)16-14(21)15(23-18(20)24-16)25-26-17(29)13(11-22-19(30)31)10-12-6-3-4-7-12/h12-13,22H,2-11H2,1H3,(H,26,29)(H,30,31)(H,23,24,25)/t13-/m1/s1. The number of carbonyl (C=O) groups excluding carboxylic acids is 1. The van der Waals surface area contributed by atoms with Gasteiger partial charge in [0, 0.05) is 26.2 Å². The maximum atomic E-state index is 15.1. The van der Waals surface area contributed by atoms with E-state index in [2.05, 4.69) is 26.1 Å². The summed E-state index contributed by atoms with van der Waals surface area (Å²) in [5.74, 6) is -1.56. The van der Waals surface area contributed by atoms with Gasteiger partial charge in [0.15, 0.2) is 11.6 Å². The van der Waals surface area contributed by atoms with Crippen LogP contribution in [-0.4, -0.2) is 58.3 Å². The summed E-state index contributed by atoms with van der Waals surface area (Å²) in [7, 11) is 0. The number of rotatable bonds is 9. The normalized spacial score (nSPS) is 18.2. The summed E-state index contributed by atoms with van der Waals surface area (Å²) in [4.78, 5) is 31.5. The first-order valence-corrected chi connectivity index (χ1v) is 11.0. The second kappa shape index (κ2) is 10.8. The second-order valence-electron chi connectivity index (χ2n) is 7.89. The van der Waals surface area contributed by atoms with E-state index in [1.165, 1.54) is 0 Å². The highest BCUT2D eigenvalue weighted by Crippen LogP contribution is 2.31. The predicted octanol–water partition coefficient (Wildman–Crippen LogP) is 2.62. The quantitative estimate of drug-likeness (QED) is 0.329. The molecule has 1 aliphatic carbocycles. The molecular weight excluding hydrogens is 429 g/mol. The van der Waals surface area contributed by atoms with Gasteiger partial charge >= 0.3 is 6.09 Å². The minimum Gasteiger partial charge on any atom is -0.465 e. The van der Waals surface area contributed by atoms with Crippen LogP contribution in [0.1, 0.15) is 45.4 Å². The molecule has 2 heterocycles. The molecule has 1 atom stereocenters. The van der Waals surface area contributed by atoms with Crippen LogP contribution in [0, 0.1) is 17.7 Å². The lowest BCUT2D eigenvalue weighted by Gasteiger charge is -2.28. The highest BCUT2D eigenvalue weighted by atomic mass is 35.5. The van der Waals surface area contributed by atoms with Crippen molar-refractivity contribution in [1.29, 1.82) is 0 Å². The van der Waals surface area contributed by atoms with Crippen LogP contribution in [-0.2, 0) is 4.79 Å².